The van der Waals surface area contributed by atoms with E-state index in [1.54, 1.807) is 7.05 Å². The van der Waals surface area contributed by atoms with Crippen LogP contribution in [0.5, 0.6) is 0 Å². The number of aliphatic carboxylic acids is 1. The molecule has 2 aromatic carbocycles. The van der Waals surface area contributed by atoms with Gasteiger partial charge in [-0.25, -0.2) is 4.79 Å². The Balaban J connectivity index is 1.17. The first-order valence-electron chi connectivity index (χ1n) is 11.5. The van der Waals surface area contributed by atoms with Gasteiger partial charge in [-0.2, -0.15) is 5.10 Å². The van der Waals surface area contributed by atoms with Crippen molar-refractivity contribution in [1.82, 2.24) is 20.4 Å². The van der Waals surface area contributed by atoms with E-state index in [0.29, 0.717) is 24.2 Å². The number of nitrogens with zero attached hydrogens (tertiary/aromatic N) is 2. The van der Waals surface area contributed by atoms with Gasteiger partial charge in [-0.15, -0.1) is 0 Å². The average Bonchev–Trinajstić information content (AvgIpc) is 3.46. The van der Waals surface area contributed by atoms with Crippen molar-refractivity contribution < 1.29 is 24.2 Å². The number of ether oxygens (including phenoxy) is 1. The number of aryl methyl sites for hydroxylation is 1. The highest BCUT2D eigenvalue weighted by Crippen LogP contribution is 2.44. The molecule has 180 valence electrons. The molecule has 1 heterocycles. The van der Waals surface area contributed by atoms with Crippen LogP contribution in [0.3, 0.4) is 0 Å². The summed E-state index contributed by atoms with van der Waals surface area (Å²) in [6.07, 6.45) is 1.42. The van der Waals surface area contributed by atoms with E-state index in [1.807, 2.05) is 24.3 Å². The van der Waals surface area contributed by atoms with Crippen molar-refractivity contribution in [2.75, 3.05) is 13.2 Å². The summed E-state index contributed by atoms with van der Waals surface area (Å²) in [5.41, 5.74) is 5.44. The van der Waals surface area contributed by atoms with E-state index in [9.17, 15) is 14.4 Å². The Morgan fingerprint density at radius 1 is 1.06 bits per heavy atom. The second-order valence-electron chi connectivity index (χ2n) is 8.96. The minimum absolute atomic E-state index is 0.0387. The third-order valence-electron chi connectivity index (χ3n) is 6.81. The van der Waals surface area contributed by atoms with Crippen LogP contribution in [-0.4, -0.2) is 46.0 Å². The number of carbonyl (C=O) groups is 3. The largest absolute Gasteiger partial charge is 0.481 e. The van der Waals surface area contributed by atoms with Crippen molar-refractivity contribution in [3.63, 3.8) is 0 Å². The van der Waals surface area contributed by atoms with Crippen molar-refractivity contribution in [2.45, 2.75) is 18.9 Å². The third kappa shape index (κ3) is 4.49. The van der Waals surface area contributed by atoms with Gasteiger partial charge in [-0.05, 0) is 34.6 Å². The molecule has 1 aromatic heterocycles. The first-order chi connectivity index (χ1) is 16.9. The quantitative estimate of drug-likeness (QED) is 0.461. The summed E-state index contributed by atoms with van der Waals surface area (Å²) in [6.45, 7) is 0.561. The summed E-state index contributed by atoms with van der Waals surface area (Å²) in [5, 5.41) is 18.6. The lowest BCUT2D eigenvalue weighted by atomic mass is 9.98. The zero-order chi connectivity index (χ0) is 24.5. The molecule has 9 heteroatoms. The molecule has 3 aromatic rings. The van der Waals surface area contributed by atoms with Crippen LogP contribution in [0.2, 0.25) is 0 Å². The molecule has 0 unspecified atom stereocenters. The predicted molar refractivity (Wildman–Crippen MR) is 127 cm³/mol. The Morgan fingerprint density at radius 3 is 2.34 bits per heavy atom. The van der Waals surface area contributed by atoms with Gasteiger partial charge < -0.3 is 20.5 Å². The standard InChI is InChI=1S/C26H26N4O5/c1-30-23(21(12-29-30)24(31)27-11-15-10-20(15)25(32)33)13-28-26(34)35-14-22-18-8-4-2-6-16(18)17-7-3-5-9-19(17)22/h2-9,12,15,20,22H,10-11,13-14H2,1H3,(H,27,31)(H,28,34)(H,32,33)/t15-,20-/m0/s1. The SMILES string of the molecule is Cn1ncc(C(=O)NC[C@@H]2C[C@@H]2C(=O)O)c1CNC(=O)OCC1c2ccccc2-c2ccccc21. The molecule has 2 aliphatic rings. The van der Waals surface area contributed by atoms with E-state index in [1.165, 1.54) is 10.9 Å². The molecule has 2 aliphatic carbocycles. The smallest absolute Gasteiger partial charge is 0.407 e. The second kappa shape index (κ2) is 9.25. The summed E-state index contributed by atoms with van der Waals surface area (Å²) in [5.74, 6) is -1.66. The molecule has 0 radical (unpaired) electrons. The van der Waals surface area contributed by atoms with Gasteiger partial charge in [0.25, 0.3) is 5.91 Å². The van der Waals surface area contributed by atoms with E-state index in [2.05, 4.69) is 40.0 Å². The lowest BCUT2D eigenvalue weighted by Gasteiger charge is -2.15. The number of carboxylic acids is 1. The van der Waals surface area contributed by atoms with Crippen LogP contribution in [0.1, 0.15) is 39.5 Å². The summed E-state index contributed by atoms with van der Waals surface area (Å²) in [6, 6.07) is 16.2. The second-order valence-corrected chi connectivity index (χ2v) is 8.96. The van der Waals surface area contributed by atoms with Gasteiger partial charge in [-0.3, -0.25) is 14.3 Å². The molecule has 35 heavy (non-hydrogen) atoms. The fourth-order valence-corrected chi connectivity index (χ4v) is 4.76. The molecule has 0 bridgehead atoms. The van der Waals surface area contributed by atoms with Gasteiger partial charge >= 0.3 is 12.1 Å². The number of nitrogens with one attached hydrogen (secondary N) is 2. The maximum atomic E-state index is 12.6. The van der Waals surface area contributed by atoms with Crippen molar-refractivity contribution >= 4 is 18.0 Å². The molecule has 0 aliphatic heterocycles. The number of benzene rings is 2. The molecule has 1 fully saturated rings. The lowest BCUT2D eigenvalue weighted by Crippen LogP contribution is -2.30. The van der Waals surface area contributed by atoms with Gasteiger partial charge in [0.05, 0.1) is 29.9 Å². The van der Waals surface area contributed by atoms with E-state index in [0.717, 1.165) is 22.3 Å². The van der Waals surface area contributed by atoms with Crippen LogP contribution in [0.25, 0.3) is 11.1 Å². The number of hydrogen-bond acceptors (Lipinski definition) is 5. The Labute approximate surface area is 202 Å². The number of amides is 2. The molecule has 1 saturated carbocycles. The molecule has 5 rings (SSSR count). The van der Waals surface area contributed by atoms with Crippen LogP contribution in [0, 0.1) is 11.8 Å². The molecule has 9 nitrogen and oxygen atoms in total. The molecular weight excluding hydrogens is 448 g/mol. The van der Waals surface area contributed by atoms with Crippen LogP contribution >= 0.6 is 0 Å². The van der Waals surface area contributed by atoms with Crippen LogP contribution in [0.4, 0.5) is 4.79 Å². The topological polar surface area (TPSA) is 123 Å². The van der Waals surface area contributed by atoms with Gasteiger partial charge in [0.2, 0.25) is 0 Å². The number of carbonyl (C=O) groups excluding carboxylic acids is 2. The predicted octanol–water partition coefficient (Wildman–Crippen LogP) is 2.91. The third-order valence-corrected chi connectivity index (χ3v) is 6.81. The monoisotopic (exact) mass is 474 g/mol. The summed E-state index contributed by atoms with van der Waals surface area (Å²) >= 11 is 0. The summed E-state index contributed by atoms with van der Waals surface area (Å²) in [4.78, 5) is 36.1. The van der Waals surface area contributed by atoms with Crippen LogP contribution < -0.4 is 10.6 Å². The summed E-state index contributed by atoms with van der Waals surface area (Å²) in [7, 11) is 1.69. The molecule has 0 saturated heterocycles. The van der Waals surface area contributed by atoms with Crippen molar-refractivity contribution in [3.05, 3.63) is 77.1 Å². The first kappa shape index (κ1) is 22.6. The number of alkyl carbamates (subject to hydrolysis) is 1. The normalized spacial score (nSPS) is 17.9. The number of hydrogen-bond donors (Lipinski definition) is 3. The van der Waals surface area contributed by atoms with E-state index >= 15 is 0 Å². The molecular formula is C26H26N4O5. The highest BCUT2D eigenvalue weighted by atomic mass is 16.5. The lowest BCUT2D eigenvalue weighted by molar-refractivity contribution is -0.138. The molecule has 2 atom stereocenters. The van der Waals surface area contributed by atoms with Crippen molar-refractivity contribution in [1.29, 1.82) is 0 Å². The maximum absolute atomic E-state index is 12.6. The molecule has 2 amide bonds. The van der Waals surface area contributed by atoms with Crippen LogP contribution in [0.15, 0.2) is 54.7 Å². The Bertz CT molecular complexity index is 1250. The average molecular weight is 475 g/mol. The van der Waals surface area contributed by atoms with Crippen molar-refractivity contribution in [2.24, 2.45) is 18.9 Å². The Morgan fingerprint density at radius 2 is 1.71 bits per heavy atom. The Hall–Kier alpha value is -4.14. The minimum Gasteiger partial charge on any atom is -0.481 e. The van der Waals surface area contributed by atoms with Gasteiger partial charge in [0.1, 0.15) is 6.61 Å². The fourth-order valence-electron chi connectivity index (χ4n) is 4.76. The van der Waals surface area contributed by atoms with E-state index in [4.69, 9.17) is 9.84 Å². The number of aromatic nitrogens is 2. The highest BCUT2D eigenvalue weighted by Gasteiger charge is 2.43. The zero-order valence-electron chi connectivity index (χ0n) is 19.2. The van der Waals surface area contributed by atoms with E-state index < -0.39 is 12.1 Å². The number of fused-ring (bicyclic) bond motifs is 3. The van der Waals surface area contributed by atoms with Gasteiger partial charge in [-0.1, -0.05) is 48.5 Å². The maximum Gasteiger partial charge on any atom is 0.407 e. The minimum atomic E-state index is -0.835. The number of rotatable bonds is 8. The zero-order valence-corrected chi connectivity index (χ0v) is 19.2. The van der Waals surface area contributed by atoms with Crippen LogP contribution in [-0.2, 0) is 23.1 Å². The highest BCUT2D eigenvalue weighted by molar-refractivity contribution is 5.95. The summed E-state index contributed by atoms with van der Waals surface area (Å²) < 4.78 is 7.09. The number of carboxylic acid groups (broad SMARTS) is 1. The molecule has 0 spiro atoms. The fraction of sp³-hybridized carbons (Fsp3) is 0.308. The van der Waals surface area contributed by atoms with E-state index in [-0.39, 0.29) is 36.8 Å². The Kier molecular flexibility index (Phi) is 5.98. The van der Waals surface area contributed by atoms with Gasteiger partial charge in [0.15, 0.2) is 0 Å². The van der Waals surface area contributed by atoms with Crippen molar-refractivity contribution in [3.8, 4) is 11.1 Å². The first-order valence-corrected chi connectivity index (χ1v) is 11.5. The molecule has 3 N–H and O–H groups in total. The van der Waals surface area contributed by atoms with Gasteiger partial charge in [0, 0.05) is 19.5 Å².